The van der Waals surface area contributed by atoms with E-state index >= 15 is 0 Å². The van der Waals surface area contributed by atoms with E-state index in [2.05, 4.69) is 83.9 Å². The van der Waals surface area contributed by atoms with Gasteiger partial charge in [-0.05, 0) is 74.0 Å². The Morgan fingerprint density at radius 1 is 0.673 bits per heavy atom. The Bertz CT molecular complexity index is 1340. The van der Waals surface area contributed by atoms with Gasteiger partial charge in [-0.3, -0.25) is 24.2 Å². The van der Waals surface area contributed by atoms with Crippen molar-refractivity contribution in [2.45, 2.75) is 87.3 Å². The second-order valence-corrected chi connectivity index (χ2v) is 18.9. The van der Waals surface area contributed by atoms with Crippen LogP contribution in [0.4, 0.5) is 0 Å². The highest BCUT2D eigenvalue weighted by molar-refractivity contribution is 5.94. The molecule has 0 aromatic heterocycles. The van der Waals surface area contributed by atoms with Gasteiger partial charge in [-0.1, -0.05) is 65.8 Å². The second kappa shape index (κ2) is 18.5. The summed E-state index contributed by atoms with van der Waals surface area (Å²) in [4.78, 5) is 48.5. The summed E-state index contributed by atoms with van der Waals surface area (Å²) in [7, 11) is 0. The molecule has 2 fully saturated rings. The number of carbonyl (C=O) groups excluding carboxylic acids is 3. The summed E-state index contributed by atoms with van der Waals surface area (Å²) in [6.07, 6.45) is 6.47. The van der Waals surface area contributed by atoms with E-state index in [4.69, 9.17) is 4.74 Å². The van der Waals surface area contributed by atoms with E-state index in [1.165, 1.54) is 0 Å². The molecule has 1 aliphatic heterocycles. The summed E-state index contributed by atoms with van der Waals surface area (Å²) in [5.41, 5.74) is 1.61. The molecule has 1 saturated heterocycles. The standard InChI is InChI=1S/C42H70N6O4/c1-40(2,3)30-47-22-20-45(18-19-46(29-37(49)52-42(7,8)9)21-23-48(25-24-47)31-41(4,5)6)28-32-10-13-34(14-11-32)38(50)43-16-17-44-39(51)36-27-33-12-15-35(36)26-33/h10-15,33,35-36H,16-31H2,1-9H3,(H,43,50)(H,44,51). The predicted molar refractivity (Wildman–Crippen MR) is 210 cm³/mol. The van der Waals surface area contributed by atoms with Gasteiger partial charge in [-0.25, -0.2) is 0 Å². The van der Waals surface area contributed by atoms with Crippen molar-refractivity contribution in [1.82, 2.24) is 30.2 Å². The van der Waals surface area contributed by atoms with Crippen LogP contribution >= 0.6 is 0 Å². The molecule has 52 heavy (non-hydrogen) atoms. The maximum Gasteiger partial charge on any atom is 0.320 e. The van der Waals surface area contributed by atoms with Gasteiger partial charge in [0.15, 0.2) is 0 Å². The molecule has 2 amide bonds. The second-order valence-electron chi connectivity index (χ2n) is 18.9. The number of esters is 1. The van der Waals surface area contributed by atoms with E-state index < -0.39 is 5.60 Å². The molecule has 1 aromatic rings. The van der Waals surface area contributed by atoms with Crippen LogP contribution in [0.3, 0.4) is 0 Å². The van der Waals surface area contributed by atoms with Crippen molar-refractivity contribution >= 4 is 17.8 Å². The van der Waals surface area contributed by atoms with Crippen molar-refractivity contribution < 1.29 is 19.1 Å². The number of fused-ring (bicyclic) bond motifs is 2. The zero-order chi connectivity index (χ0) is 38.1. The molecule has 292 valence electrons. The number of nitrogens with zero attached hydrogens (tertiary/aromatic N) is 4. The minimum Gasteiger partial charge on any atom is -0.459 e. The van der Waals surface area contributed by atoms with E-state index in [0.717, 1.165) is 90.4 Å². The fraction of sp³-hybridized carbons (Fsp3) is 0.738. The number of hydrogen-bond acceptors (Lipinski definition) is 8. The monoisotopic (exact) mass is 723 g/mol. The number of benzene rings is 1. The Kier molecular flexibility index (Phi) is 14.9. The number of ether oxygens (including phenoxy) is 1. The third-order valence-corrected chi connectivity index (χ3v) is 10.0. The zero-order valence-electron chi connectivity index (χ0n) is 33.9. The SMILES string of the molecule is CC(C)(C)CN1CCN(CC(=O)OC(C)(C)C)CCN(Cc2ccc(C(=O)NCCNC(=O)C3CC4C=CC3C4)cc2)CCN(CC(C)(C)C)CC1. The average molecular weight is 723 g/mol. The highest BCUT2D eigenvalue weighted by Gasteiger charge is 2.39. The molecule has 10 heteroatoms. The van der Waals surface area contributed by atoms with Gasteiger partial charge in [-0.2, -0.15) is 0 Å². The van der Waals surface area contributed by atoms with E-state index in [0.29, 0.717) is 30.5 Å². The topological polar surface area (TPSA) is 97.5 Å². The first-order valence-corrected chi connectivity index (χ1v) is 19.8. The summed E-state index contributed by atoms with van der Waals surface area (Å²) in [6, 6.07) is 7.88. The van der Waals surface area contributed by atoms with Crippen LogP contribution in [0.1, 0.15) is 91.1 Å². The van der Waals surface area contributed by atoms with Gasteiger partial charge in [0.25, 0.3) is 5.91 Å². The van der Waals surface area contributed by atoms with Crippen molar-refractivity contribution in [3.05, 3.63) is 47.5 Å². The summed E-state index contributed by atoms with van der Waals surface area (Å²) in [5, 5.41) is 5.98. The lowest BCUT2D eigenvalue weighted by atomic mass is 9.93. The fourth-order valence-electron chi connectivity index (χ4n) is 7.81. The minimum atomic E-state index is -0.518. The molecule has 2 bridgehead atoms. The highest BCUT2D eigenvalue weighted by Crippen LogP contribution is 2.43. The number of rotatable bonds is 11. The predicted octanol–water partition coefficient (Wildman–Crippen LogP) is 4.90. The third-order valence-electron chi connectivity index (χ3n) is 10.0. The quantitative estimate of drug-likeness (QED) is 0.189. The molecular formula is C42H70N6O4. The fourth-order valence-corrected chi connectivity index (χ4v) is 7.81. The first-order valence-electron chi connectivity index (χ1n) is 19.8. The number of hydrogen-bond donors (Lipinski definition) is 2. The molecular weight excluding hydrogens is 652 g/mol. The van der Waals surface area contributed by atoms with Gasteiger partial charge in [-0.15, -0.1) is 0 Å². The molecule has 3 unspecified atom stereocenters. The lowest BCUT2D eigenvalue weighted by Crippen LogP contribution is -2.49. The third kappa shape index (κ3) is 14.9. The van der Waals surface area contributed by atoms with E-state index in [1.54, 1.807) is 0 Å². The van der Waals surface area contributed by atoms with E-state index in [1.807, 2.05) is 45.0 Å². The Hall–Kier alpha value is -2.79. The van der Waals surface area contributed by atoms with Crippen LogP contribution in [0.5, 0.6) is 0 Å². The van der Waals surface area contributed by atoms with Crippen molar-refractivity contribution in [2.24, 2.45) is 28.6 Å². The Balaban J connectivity index is 1.37. The smallest absolute Gasteiger partial charge is 0.320 e. The van der Waals surface area contributed by atoms with Crippen molar-refractivity contribution in [3.8, 4) is 0 Å². The minimum absolute atomic E-state index is 0.0768. The summed E-state index contributed by atoms with van der Waals surface area (Å²) >= 11 is 0. The zero-order valence-corrected chi connectivity index (χ0v) is 33.9. The molecule has 1 aromatic carbocycles. The number of nitrogens with one attached hydrogen (secondary N) is 2. The average Bonchev–Trinajstić information content (AvgIpc) is 3.67. The first kappa shape index (κ1) is 42.0. The molecule has 2 aliphatic carbocycles. The summed E-state index contributed by atoms with van der Waals surface area (Å²) in [5.74, 6) is 0.803. The summed E-state index contributed by atoms with van der Waals surface area (Å²) < 4.78 is 5.74. The largest absolute Gasteiger partial charge is 0.459 e. The van der Waals surface area contributed by atoms with E-state index in [-0.39, 0.29) is 41.1 Å². The molecule has 1 saturated carbocycles. The Labute approximate surface area is 315 Å². The van der Waals surface area contributed by atoms with Crippen molar-refractivity contribution in [1.29, 1.82) is 0 Å². The molecule has 0 spiro atoms. The maximum atomic E-state index is 13.0. The molecule has 0 radical (unpaired) electrons. The molecule has 3 aliphatic rings. The van der Waals surface area contributed by atoms with Crippen LogP contribution in [0.15, 0.2) is 36.4 Å². The highest BCUT2D eigenvalue weighted by atomic mass is 16.6. The van der Waals surface area contributed by atoms with Gasteiger partial charge in [0.05, 0.1) is 6.54 Å². The van der Waals surface area contributed by atoms with Crippen molar-refractivity contribution in [3.63, 3.8) is 0 Å². The van der Waals surface area contributed by atoms with Gasteiger partial charge < -0.3 is 25.2 Å². The van der Waals surface area contributed by atoms with Crippen LogP contribution in [0.2, 0.25) is 0 Å². The number of allylic oxidation sites excluding steroid dienone is 2. The van der Waals surface area contributed by atoms with Crippen LogP contribution < -0.4 is 10.6 Å². The lowest BCUT2D eigenvalue weighted by Gasteiger charge is -2.38. The van der Waals surface area contributed by atoms with Crippen LogP contribution in [0.25, 0.3) is 0 Å². The molecule has 10 nitrogen and oxygen atoms in total. The van der Waals surface area contributed by atoms with Gasteiger partial charge in [0, 0.05) is 96.6 Å². The van der Waals surface area contributed by atoms with Gasteiger partial charge >= 0.3 is 5.97 Å². The molecule has 4 rings (SSSR count). The number of amides is 2. The summed E-state index contributed by atoms with van der Waals surface area (Å²) in [6.45, 7) is 30.6. The van der Waals surface area contributed by atoms with Crippen molar-refractivity contribution in [2.75, 3.05) is 85.1 Å². The molecule has 2 N–H and O–H groups in total. The van der Waals surface area contributed by atoms with Crippen LogP contribution in [-0.4, -0.2) is 128 Å². The van der Waals surface area contributed by atoms with E-state index in [9.17, 15) is 14.4 Å². The lowest BCUT2D eigenvalue weighted by molar-refractivity contribution is -0.156. The van der Waals surface area contributed by atoms with Crippen LogP contribution in [-0.2, 0) is 20.9 Å². The Morgan fingerprint density at radius 3 is 1.67 bits per heavy atom. The molecule has 3 atom stereocenters. The van der Waals surface area contributed by atoms with Gasteiger partial charge in [0.2, 0.25) is 5.91 Å². The number of carbonyl (C=O) groups is 3. The Morgan fingerprint density at radius 2 is 1.19 bits per heavy atom. The molecule has 1 heterocycles. The van der Waals surface area contributed by atoms with Gasteiger partial charge in [0.1, 0.15) is 5.60 Å². The van der Waals surface area contributed by atoms with Crippen LogP contribution in [0, 0.1) is 28.6 Å². The first-order chi connectivity index (χ1) is 24.3. The normalized spacial score (nSPS) is 23.2. The maximum absolute atomic E-state index is 13.0.